The van der Waals surface area contributed by atoms with Crippen molar-refractivity contribution in [3.8, 4) is 0 Å². The first-order valence-electron chi connectivity index (χ1n) is 7.63. The Morgan fingerprint density at radius 3 is 2.46 bits per heavy atom. The molecule has 0 atom stereocenters. The molecule has 0 N–H and O–H groups in total. The van der Waals surface area contributed by atoms with Crippen LogP contribution in [0.2, 0.25) is 5.02 Å². The van der Waals surface area contributed by atoms with E-state index in [-0.39, 0.29) is 11.2 Å². The van der Waals surface area contributed by atoms with Gasteiger partial charge < -0.3 is 9.47 Å². The van der Waals surface area contributed by atoms with Crippen LogP contribution in [0.4, 0.5) is 5.69 Å². The number of hydrogen-bond acceptors (Lipinski definition) is 4. The van der Waals surface area contributed by atoms with Crippen LogP contribution in [-0.4, -0.2) is 25.2 Å². The summed E-state index contributed by atoms with van der Waals surface area (Å²) in [5, 5.41) is 0.696. The second-order valence-electron chi connectivity index (χ2n) is 5.96. The third-order valence-corrected chi connectivity index (χ3v) is 4.80. The summed E-state index contributed by atoms with van der Waals surface area (Å²) in [5.41, 5.74) is 1.32. The highest BCUT2D eigenvalue weighted by molar-refractivity contribution is 6.30. The van der Waals surface area contributed by atoms with Gasteiger partial charge in [0.15, 0.2) is 11.2 Å². The fourth-order valence-electron chi connectivity index (χ4n) is 3.20. The van der Waals surface area contributed by atoms with Crippen LogP contribution in [-0.2, 0) is 27.2 Å². The Bertz CT molecular complexity index is 1060. The van der Waals surface area contributed by atoms with Crippen LogP contribution >= 0.6 is 11.6 Å². The minimum atomic E-state index is -0.363. The largest absolute Gasteiger partial charge is 0.362 e. The molecule has 3 aromatic rings. The molecule has 8 heteroatoms. The summed E-state index contributed by atoms with van der Waals surface area (Å²) in [7, 11) is 3.13. The van der Waals surface area contributed by atoms with E-state index in [2.05, 4.69) is 9.88 Å². The molecule has 0 saturated carbocycles. The van der Waals surface area contributed by atoms with Crippen molar-refractivity contribution in [1.82, 2.24) is 18.7 Å². The Morgan fingerprint density at radius 1 is 1.04 bits per heavy atom. The lowest BCUT2D eigenvalue weighted by atomic mass is 10.2. The molecule has 124 valence electrons. The van der Waals surface area contributed by atoms with E-state index < -0.39 is 0 Å². The summed E-state index contributed by atoms with van der Waals surface area (Å²) < 4.78 is 4.47. The smallest absolute Gasteiger partial charge is 0.332 e. The molecule has 0 saturated heterocycles. The van der Waals surface area contributed by atoms with Crippen LogP contribution in [0.15, 0.2) is 33.9 Å². The second kappa shape index (κ2) is 5.24. The molecule has 24 heavy (non-hydrogen) atoms. The SMILES string of the molecule is Cn1c(=O)c2c(nc3n2CCN(c2ccc(Cl)cc2)C3)n(C)c1=O. The fraction of sp³-hybridized carbons (Fsp3) is 0.312. The molecular formula is C16H16ClN5O2. The van der Waals surface area contributed by atoms with E-state index in [1.54, 1.807) is 7.05 Å². The van der Waals surface area contributed by atoms with Crippen LogP contribution in [0.3, 0.4) is 0 Å². The van der Waals surface area contributed by atoms with Crippen molar-refractivity contribution in [2.24, 2.45) is 14.1 Å². The second-order valence-corrected chi connectivity index (χ2v) is 6.39. The zero-order valence-electron chi connectivity index (χ0n) is 13.4. The predicted molar refractivity (Wildman–Crippen MR) is 92.7 cm³/mol. The minimum Gasteiger partial charge on any atom is -0.362 e. The molecule has 0 aliphatic carbocycles. The maximum Gasteiger partial charge on any atom is 0.332 e. The van der Waals surface area contributed by atoms with Crippen molar-refractivity contribution in [1.29, 1.82) is 0 Å². The third-order valence-electron chi connectivity index (χ3n) is 4.54. The lowest BCUT2D eigenvalue weighted by molar-refractivity contribution is 0.569. The summed E-state index contributed by atoms with van der Waals surface area (Å²) in [6.45, 7) is 1.97. The van der Waals surface area contributed by atoms with Crippen LogP contribution in [0.1, 0.15) is 5.82 Å². The summed E-state index contributed by atoms with van der Waals surface area (Å²) in [6.07, 6.45) is 0. The number of aromatic nitrogens is 4. The standard InChI is InChI=1S/C16H16ClN5O2/c1-19-14-13(15(23)20(2)16(19)24)22-8-7-21(9-12(22)18-14)11-5-3-10(17)4-6-11/h3-6H,7-9H2,1-2H3. The number of rotatable bonds is 1. The first-order chi connectivity index (χ1) is 11.5. The average molecular weight is 346 g/mol. The van der Waals surface area contributed by atoms with Gasteiger partial charge in [-0.05, 0) is 24.3 Å². The molecule has 0 unspecified atom stereocenters. The average Bonchev–Trinajstić information content (AvgIpc) is 2.97. The van der Waals surface area contributed by atoms with Gasteiger partial charge in [0.25, 0.3) is 5.56 Å². The van der Waals surface area contributed by atoms with Crippen molar-refractivity contribution in [3.63, 3.8) is 0 Å². The molecular weight excluding hydrogens is 330 g/mol. The number of halogens is 1. The monoisotopic (exact) mass is 345 g/mol. The molecule has 0 radical (unpaired) electrons. The number of nitrogens with zero attached hydrogens (tertiary/aromatic N) is 5. The molecule has 0 spiro atoms. The van der Waals surface area contributed by atoms with E-state index in [0.29, 0.717) is 29.3 Å². The number of fused-ring (bicyclic) bond motifs is 3. The number of imidazole rings is 1. The van der Waals surface area contributed by atoms with Gasteiger partial charge in [-0.2, -0.15) is 0 Å². The Labute approximate surface area is 142 Å². The molecule has 0 fully saturated rings. The zero-order chi connectivity index (χ0) is 17.0. The predicted octanol–water partition coefficient (Wildman–Crippen LogP) is 1.11. The quantitative estimate of drug-likeness (QED) is 0.662. The van der Waals surface area contributed by atoms with Crippen molar-refractivity contribution >= 4 is 28.5 Å². The molecule has 4 rings (SSSR count). The van der Waals surface area contributed by atoms with Gasteiger partial charge in [-0.1, -0.05) is 11.6 Å². The van der Waals surface area contributed by atoms with Gasteiger partial charge in [0.2, 0.25) is 0 Å². The number of hydrogen-bond donors (Lipinski definition) is 0. The summed E-state index contributed by atoms with van der Waals surface area (Å²) in [5.74, 6) is 0.782. The van der Waals surface area contributed by atoms with Crippen molar-refractivity contribution < 1.29 is 0 Å². The van der Waals surface area contributed by atoms with Crippen molar-refractivity contribution in [2.75, 3.05) is 11.4 Å². The fourth-order valence-corrected chi connectivity index (χ4v) is 3.32. The van der Waals surface area contributed by atoms with E-state index in [0.717, 1.165) is 22.6 Å². The Morgan fingerprint density at radius 2 is 1.75 bits per heavy atom. The van der Waals surface area contributed by atoms with Gasteiger partial charge in [-0.15, -0.1) is 0 Å². The maximum atomic E-state index is 12.5. The van der Waals surface area contributed by atoms with Gasteiger partial charge >= 0.3 is 5.69 Å². The highest BCUT2D eigenvalue weighted by Crippen LogP contribution is 2.24. The van der Waals surface area contributed by atoms with Crippen molar-refractivity contribution in [2.45, 2.75) is 13.1 Å². The van der Waals surface area contributed by atoms with Crippen molar-refractivity contribution in [3.05, 3.63) is 56.0 Å². The zero-order valence-corrected chi connectivity index (χ0v) is 14.1. The highest BCUT2D eigenvalue weighted by Gasteiger charge is 2.24. The van der Waals surface area contributed by atoms with Gasteiger partial charge in [-0.25, -0.2) is 9.78 Å². The number of benzene rings is 1. The number of anilines is 1. The van der Waals surface area contributed by atoms with E-state index in [1.807, 2.05) is 28.8 Å². The van der Waals surface area contributed by atoms with Gasteiger partial charge in [-0.3, -0.25) is 13.9 Å². The maximum absolute atomic E-state index is 12.5. The third kappa shape index (κ3) is 2.08. The van der Waals surface area contributed by atoms with E-state index in [1.165, 1.54) is 11.6 Å². The molecule has 2 aromatic heterocycles. The molecule has 0 bridgehead atoms. The van der Waals surface area contributed by atoms with E-state index in [4.69, 9.17) is 11.6 Å². The first kappa shape index (κ1) is 15.0. The molecule has 3 heterocycles. The molecule has 1 aliphatic rings. The minimum absolute atomic E-state index is 0.299. The van der Waals surface area contributed by atoms with E-state index >= 15 is 0 Å². The van der Waals surface area contributed by atoms with Crippen LogP contribution < -0.4 is 16.1 Å². The van der Waals surface area contributed by atoms with Crippen LogP contribution in [0.25, 0.3) is 11.2 Å². The Kier molecular flexibility index (Phi) is 3.28. The molecule has 7 nitrogen and oxygen atoms in total. The Balaban J connectivity index is 1.84. The molecule has 0 amide bonds. The lowest BCUT2D eigenvalue weighted by Crippen LogP contribution is -2.38. The van der Waals surface area contributed by atoms with Gasteiger partial charge in [0.1, 0.15) is 5.82 Å². The van der Waals surface area contributed by atoms with E-state index in [9.17, 15) is 9.59 Å². The highest BCUT2D eigenvalue weighted by atomic mass is 35.5. The summed E-state index contributed by atoms with van der Waals surface area (Å²) in [6, 6.07) is 7.65. The van der Waals surface area contributed by atoms with Crippen LogP contribution in [0, 0.1) is 0 Å². The van der Waals surface area contributed by atoms with Gasteiger partial charge in [0.05, 0.1) is 6.54 Å². The topological polar surface area (TPSA) is 65.1 Å². The summed E-state index contributed by atoms with van der Waals surface area (Å²) in [4.78, 5) is 31.3. The summed E-state index contributed by atoms with van der Waals surface area (Å²) >= 11 is 5.95. The molecule has 1 aromatic carbocycles. The lowest BCUT2D eigenvalue weighted by Gasteiger charge is -2.29. The normalized spacial score (nSPS) is 14.2. The Hall–Kier alpha value is -2.54. The molecule has 1 aliphatic heterocycles. The first-order valence-corrected chi connectivity index (χ1v) is 8.01. The van der Waals surface area contributed by atoms with Crippen LogP contribution in [0.5, 0.6) is 0 Å². The number of aryl methyl sites for hydroxylation is 1. The van der Waals surface area contributed by atoms with Gasteiger partial charge in [0, 0.05) is 37.9 Å².